The molecule has 2 N–H and O–H groups in total. The minimum atomic E-state index is -0.0855. The molecular weight excluding hydrogens is 510 g/mol. The van der Waals surface area contributed by atoms with E-state index in [9.17, 15) is 14.5 Å². The minimum Gasteiger partial charge on any atom is -0.310 e. The number of carbonyl (C=O) groups is 2. The largest absolute Gasteiger partial charge is 0.310 e. The van der Waals surface area contributed by atoms with Gasteiger partial charge >= 0.3 is 0 Å². The molecule has 0 saturated heterocycles. The Labute approximate surface area is 248 Å². The van der Waals surface area contributed by atoms with E-state index in [2.05, 4.69) is 59.1 Å². The molecule has 0 heterocycles. The van der Waals surface area contributed by atoms with Crippen molar-refractivity contribution in [3.05, 3.63) is 27.7 Å². The first-order valence-electron chi connectivity index (χ1n) is 16.1. The van der Waals surface area contributed by atoms with E-state index in [4.69, 9.17) is 5.41 Å². The zero-order valence-electron chi connectivity index (χ0n) is 27.2. The fourth-order valence-corrected chi connectivity index (χ4v) is 11.1. The lowest BCUT2D eigenvalue weighted by molar-refractivity contribution is -0.180. The number of fused-ring (bicyclic) bond motifs is 7. The first kappa shape index (κ1) is 32.0. The molecule has 4 fully saturated rings. The maximum absolute atomic E-state index is 13.2. The molecule has 0 amide bonds. The van der Waals surface area contributed by atoms with Gasteiger partial charge in [0.1, 0.15) is 0 Å². The second-order valence-electron chi connectivity index (χ2n) is 15.7. The molecule has 5 aliphatic rings. The lowest BCUT2D eigenvalue weighted by atomic mass is 9.36. The molecule has 4 saturated carbocycles. The van der Waals surface area contributed by atoms with Crippen molar-refractivity contribution in [2.24, 2.45) is 51.0 Å². The monoisotopic (exact) mass is 565 g/mol. The van der Waals surface area contributed by atoms with Crippen LogP contribution >= 0.6 is 0 Å². The summed E-state index contributed by atoms with van der Waals surface area (Å²) in [4.78, 5) is 34.7. The van der Waals surface area contributed by atoms with Crippen LogP contribution in [0.15, 0.2) is 28.0 Å². The number of ketones is 1. The number of rotatable bonds is 5. The molecule has 6 heteroatoms. The summed E-state index contributed by atoms with van der Waals surface area (Å²) >= 11 is 0. The van der Waals surface area contributed by atoms with Crippen LogP contribution in [0.3, 0.4) is 0 Å². The van der Waals surface area contributed by atoms with Crippen LogP contribution in [0.25, 0.3) is 0 Å². The van der Waals surface area contributed by atoms with E-state index in [1.807, 2.05) is 13.8 Å². The third-order valence-corrected chi connectivity index (χ3v) is 12.7. The van der Waals surface area contributed by atoms with Crippen molar-refractivity contribution in [3.63, 3.8) is 0 Å². The summed E-state index contributed by atoms with van der Waals surface area (Å²) in [5.74, 6) is 3.23. The Morgan fingerprint density at radius 1 is 0.976 bits per heavy atom. The van der Waals surface area contributed by atoms with Crippen LogP contribution < -0.4 is 5.32 Å². The summed E-state index contributed by atoms with van der Waals surface area (Å²) in [7, 11) is 2.08. The summed E-state index contributed by atoms with van der Waals surface area (Å²) in [6, 6.07) is -0.0366. The molecule has 0 aliphatic heterocycles. The highest BCUT2D eigenvalue weighted by Gasteiger charge is 2.66. The Balaban J connectivity index is 0.000000426. The zero-order valence-corrected chi connectivity index (χ0v) is 27.2. The van der Waals surface area contributed by atoms with Crippen LogP contribution in [0.1, 0.15) is 113 Å². The number of aldehydes is 1. The number of hydrogen-bond donors (Lipinski definition) is 2. The Bertz CT molecular complexity index is 1150. The van der Waals surface area contributed by atoms with Crippen molar-refractivity contribution in [1.82, 2.24) is 5.32 Å². The van der Waals surface area contributed by atoms with Gasteiger partial charge in [-0.15, -0.1) is 0 Å². The SMILES string of the molecule is CC(C)=CC(=N)C=O.CNC12CCC3C(CCC4C3(C)CCC3C(C)(C)C(N=O)CCC34C)C1=C(C(C)C)C(=O)C2. The fraction of sp³-hybridized carbons (Fsp3) is 0.800. The Morgan fingerprint density at radius 2 is 1.63 bits per heavy atom. The molecule has 0 aromatic carbocycles. The van der Waals surface area contributed by atoms with E-state index in [-0.39, 0.29) is 22.7 Å². The average molecular weight is 566 g/mol. The fourth-order valence-electron chi connectivity index (χ4n) is 11.1. The zero-order chi connectivity index (χ0) is 30.5. The van der Waals surface area contributed by atoms with Gasteiger partial charge in [0.25, 0.3) is 0 Å². The first-order valence-corrected chi connectivity index (χ1v) is 16.1. The minimum absolute atomic E-state index is 0.00795. The maximum atomic E-state index is 13.2. The molecule has 5 rings (SSSR count). The van der Waals surface area contributed by atoms with E-state index in [1.54, 1.807) is 0 Å². The molecule has 0 aromatic rings. The Kier molecular flexibility index (Phi) is 8.80. The van der Waals surface area contributed by atoms with Gasteiger partial charge in [0.2, 0.25) is 0 Å². The van der Waals surface area contributed by atoms with E-state index in [0.717, 1.165) is 24.8 Å². The van der Waals surface area contributed by atoms with Crippen LogP contribution in [-0.4, -0.2) is 36.4 Å². The van der Waals surface area contributed by atoms with Crippen LogP contribution in [0.4, 0.5) is 0 Å². The van der Waals surface area contributed by atoms with Gasteiger partial charge < -0.3 is 5.32 Å². The van der Waals surface area contributed by atoms with Gasteiger partial charge in [-0.2, -0.15) is 4.91 Å². The second kappa shape index (κ2) is 11.3. The van der Waals surface area contributed by atoms with E-state index < -0.39 is 0 Å². The number of Topliss-reactive ketones (excluding diaryl/α,β-unsaturated/α-hetero) is 1. The van der Waals surface area contributed by atoms with Crippen LogP contribution in [0.2, 0.25) is 0 Å². The predicted octanol–water partition coefficient (Wildman–Crippen LogP) is 7.86. The van der Waals surface area contributed by atoms with Gasteiger partial charge in [-0.1, -0.05) is 52.3 Å². The summed E-state index contributed by atoms with van der Waals surface area (Å²) in [6.45, 7) is 18.0. The van der Waals surface area contributed by atoms with Crippen molar-refractivity contribution in [2.75, 3.05) is 7.05 Å². The lowest BCUT2D eigenvalue weighted by Crippen LogP contribution is -2.63. The van der Waals surface area contributed by atoms with Crippen LogP contribution in [0, 0.1) is 56.2 Å². The number of nitroso groups, excluding NO2 is 1. The highest BCUT2D eigenvalue weighted by Crippen LogP contribution is 2.72. The lowest BCUT2D eigenvalue weighted by Gasteiger charge is -2.68. The number of nitrogens with one attached hydrogen (secondary N) is 2. The summed E-state index contributed by atoms with van der Waals surface area (Å²) in [5, 5.41) is 14.1. The molecule has 41 heavy (non-hydrogen) atoms. The van der Waals surface area contributed by atoms with Crippen LogP contribution in [0.5, 0.6) is 0 Å². The smallest absolute Gasteiger partial charge is 0.167 e. The van der Waals surface area contributed by atoms with Gasteiger partial charge in [-0.25, -0.2) is 0 Å². The van der Waals surface area contributed by atoms with Crippen molar-refractivity contribution in [2.45, 2.75) is 125 Å². The quantitative estimate of drug-likeness (QED) is 0.201. The first-order chi connectivity index (χ1) is 19.1. The Morgan fingerprint density at radius 3 is 2.17 bits per heavy atom. The van der Waals surface area contributed by atoms with Gasteiger partial charge in [0, 0.05) is 12.0 Å². The third-order valence-electron chi connectivity index (χ3n) is 12.7. The second-order valence-corrected chi connectivity index (χ2v) is 15.7. The molecule has 6 nitrogen and oxygen atoms in total. The molecular formula is C35H55N3O3. The molecule has 0 radical (unpaired) electrons. The van der Waals surface area contributed by atoms with Gasteiger partial charge in [0.05, 0.1) is 11.8 Å². The number of hydrogen-bond acceptors (Lipinski definition) is 6. The standard InChI is InChI=1S/C29H46N2O2.C6H9NO/c1-17(2)24-20(32)16-29(30-7)15-10-19-18(25(24)29)8-9-22-27(19,5)13-11-21-26(3,4)23(31-33)12-14-28(21,22)6;1-5(2)3-6(7)4-8/h17-19,21-23,30H,8-16H2,1-7H3;3-4,7H,1-2H3. The van der Waals surface area contributed by atoms with Crippen molar-refractivity contribution < 1.29 is 9.59 Å². The topological polar surface area (TPSA) is 99.4 Å². The van der Waals surface area contributed by atoms with Crippen molar-refractivity contribution in [3.8, 4) is 0 Å². The highest BCUT2D eigenvalue weighted by molar-refractivity contribution is 6.32. The third kappa shape index (κ3) is 5.04. The van der Waals surface area contributed by atoms with E-state index in [0.29, 0.717) is 58.9 Å². The summed E-state index contributed by atoms with van der Waals surface area (Å²) < 4.78 is 0. The van der Waals surface area contributed by atoms with E-state index in [1.165, 1.54) is 49.3 Å². The molecule has 0 aromatic heterocycles. The van der Waals surface area contributed by atoms with Crippen molar-refractivity contribution in [1.29, 1.82) is 5.41 Å². The Hall–Kier alpha value is -1.95. The average Bonchev–Trinajstić information content (AvgIpc) is 3.21. The molecule has 0 bridgehead atoms. The number of carbonyl (C=O) groups excluding carboxylic acids is 2. The molecule has 5 aliphatic carbocycles. The number of nitrogens with zero attached hydrogens (tertiary/aromatic N) is 1. The number of allylic oxidation sites excluding steroid dienone is 3. The predicted molar refractivity (Wildman–Crippen MR) is 167 cm³/mol. The summed E-state index contributed by atoms with van der Waals surface area (Å²) in [6.07, 6.45) is 12.1. The highest BCUT2D eigenvalue weighted by atomic mass is 16.3. The maximum Gasteiger partial charge on any atom is 0.167 e. The van der Waals surface area contributed by atoms with E-state index >= 15 is 0 Å². The molecule has 228 valence electrons. The normalized spacial score (nSPS) is 40.7. The van der Waals surface area contributed by atoms with Crippen molar-refractivity contribution >= 4 is 17.8 Å². The molecule has 0 spiro atoms. The van der Waals surface area contributed by atoms with Gasteiger partial charge in [0.15, 0.2) is 12.1 Å². The van der Waals surface area contributed by atoms with Gasteiger partial charge in [-0.3, -0.25) is 15.0 Å². The molecule has 8 atom stereocenters. The number of likely N-dealkylation sites (N-methyl/N-ethyl adjacent to an activating group) is 1. The molecule has 8 unspecified atom stereocenters. The van der Waals surface area contributed by atoms with Crippen LogP contribution in [-0.2, 0) is 9.59 Å². The summed E-state index contributed by atoms with van der Waals surface area (Å²) in [5.41, 5.74) is 4.21. The van der Waals surface area contributed by atoms with Gasteiger partial charge in [-0.05, 0) is 135 Å².